The molecule has 0 saturated heterocycles. The van der Waals surface area contributed by atoms with Gasteiger partial charge in [0.25, 0.3) is 0 Å². The first-order chi connectivity index (χ1) is 16.4. The quantitative estimate of drug-likeness (QED) is 0.381. The van der Waals surface area contributed by atoms with E-state index in [1.807, 2.05) is 44.2 Å². The number of carbonyl (C=O) groups excluding carboxylic acids is 2. The molecule has 35 heavy (non-hydrogen) atoms. The van der Waals surface area contributed by atoms with E-state index in [9.17, 15) is 30.0 Å². The van der Waals surface area contributed by atoms with Gasteiger partial charge >= 0.3 is 5.97 Å². The third-order valence-corrected chi connectivity index (χ3v) is 9.47. The fraction of sp³-hybridized carbons (Fsp3) is 0.571. The van der Waals surface area contributed by atoms with Crippen molar-refractivity contribution in [1.82, 2.24) is 0 Å². The fourth-order valence-electron chi connectivity index (χ4n) is 7.66. The van der Waals surface area contributed by atoms with Gasteiger partial charge in [-0.2, -0.15) is 0 Å². The van der Waals surface area contributed by atoms with Crippen LogP contribution in [0.25, 0.3) is 0 Å². The largest absolute Gasteiger partial charge is 0.455 e. The van der Waals surface area contributed by atoms with E-state index in [-0.39, 0.29) is 19.4 Å². The minimum atomic E-state index is -1.90. The molecule has 7 nitrogen and oxygen atoms in total. The highest BCUT2D eigenvalue weighted by molar-refractivity contribution is 6.04. The van der Waals surface area contributed by atoms with Crippen molar-refractivity contribution < 1.29 is 34.8 Å². The first-order valence-corrected chi connectivity index (χ1v) is 12.3. The number of benzene rings is 1. The van der Waals surface area contributed by atoms with Crippen LogP contribution < -0.4 is 0 Å². The molecule has 0 aliphatic heterocycles. The van der Waals surface area contributed by atoms with E-state index in [1.165, 1.54) is 0 Å². The Morgan fingerprint density at radius 1 is 1.14 bits per heavy atom. The molecule has 4 N–H and O–H groups in total. The number of rotatable bonds is 4. The summed E-state index contributed by atoms with van der Waals surface area (Å²) in [5.41, 5.74) is -3.92. The Labute approximate surface area is 205 Å². The molecule has 1 aromatic rings. The topological polar surface area (TPSA) is 124 Å². The Bertz CT molecular complexity index is 1140. The zero-order chi connectivity index (χ0) is 25.6. The molecular formula is C28H34O7. The number of Topliss-reactive ketones (excluding diaryl/α,β-unsaturated/α-hetero) is 1. The van der Waals surface area contributed by atoms with Crippen molar-refractivity contribution in [3.63, 3.8) is 0 Å². The van der Waals surface area contributed by atoms with Gasteiger partial charge in [0.2, 0.25) is 0 Å². The Morgan fingerprint density at radius 2 is 1.80 bits per heavy atom. The van der Waals surface area contributed by atoms with Crippen molar-refractivity contribution in [1.29, 1.82) is 0 Å². The molecule has 0 heterocycles. The molecule has 5 rings (SSSR count). The van der Waals surface area contributed by atoms with E-state index in [0.717, 1.165) is 5.56 Å². The SMILES string of the molecule is CC1=C[C@H]2[C@@]3(O)[C@H](C)[C@@H](O)[C@]4(OC(=O)Cc5ccccc5)[C@@H]([C@@H]3C=C(CO)C[C@]2(O)C1=O)C4(C)C. The van der Waals surface area contributed by atoms with Crippen LogP contribution in [0.5, 0.6) is 0 Å². The lowest BCUT2D eigenvalue weighted by Gasteiger charge is -2.52. The van der Waals surface area contributed by atoms with Gasteiger partial charge < -0.3 is 25.2 Å². The van der Waals surface area contributed by atoms with Crippen molar-refractivity contribution in [2.75, 3.05) is 6.61 Å². The Morgan fingerprint density at radius 3 is 2.43 bits per heavy atom. The van der Waals surface area contributed by atoms with Gasteiger partial charge in [-0.3, -0.25) is 9.59 Å². The molecule has 0 spiro atoms. The normalized spacial score (nSPS) is 43.2. The van der Waals surface area contributed by atoms with Crippen LogP contribution in [-0.2, 0) is 20.7 Å². The zero-order valence-corrected chi connectivity index (χ0v) is 20.6. The maximum Gasteiger partial charge on any atom is 0.310 e. The van der Waals surface area contributed by atoms with Gasteiger partial charge in [-0.25, -0.2) is 0 Å². The summed E-state index contributed by atoms with van der Waals surface area (Å²) in [7, 11) is 0. The summed E-state index contributed by atoms with van der Waals surface area (Å²) >= 11 is 0. The lowest BCUT2D eigenvalue weighted by Crippen LogP contribution is -2.65. The average Bonchev–Trinajstić information content (AvgIpc) is 3.24. The minimum absolute atomic E-state index is 0.0535. The Balaban J connectivity index is 1.58. The molecule has 8 atom stereocenters. The van der Waals surface area contributed by atoms with E-state index in [1.54, 1.807) is 26.0 Å². The molecule has 4 aliphatic rings. The van der Waals surface area contributed by atoms with Crippen LogP contribution in [0.2, 0.25) is 0 Å². The summed E-state index contributed by atoms with van der Waals surface area (Å²) in [6, 6.07) is 9.22. The highest BCUT2D eigenvalue weighted by Gasteiger charge is 2.86. The van der Waals surface area contributed by atoms with E-state index >= 15 is 0 Å². The van der Waals surface area contributed by atoms with Crippen molar-refractivity contribution in [3.05, 3.63) is 59.2 Å². The number of carbonyl (C=O) groups is 2. The van der Waals surface area contributed by atoms with E-state index in [0.29, 0.717) is 11.1 Å². The lowest BCUT2D eigenvalue weighted by molar-refractivity contribution is -0.219. The minimum Gasteiger partial charge on any atom is -0.455 e. The number of ether oxygens (including phenoxy) is 1. The van der Waals surface area contributed by atoms with Crippen LogP contribution in [-0.4, -0.2) is 61.7 Å². The lowest BCUT2D eigenvalue weighted by atomic mass is 9.59. The van der Waals surface area contributed by atoms with Gasteiger partial charge in [-0.1, -0.05) is 63.3 Å². The van der Waals surface area contributed by atoms with Crippen molar-refractivity contribution >= 4 is 11.8 Å². The molecule has 0 bridgehead atoms. The summed E-state index contributed by atoms with van der Waals surface area (Å²) < 4.78 is 6.10. The van der Waals surface area contributed by atoms with Crippen molar-refractivity contribution in [2.45, 2.75) is 63.4 Å². The Kier molecular flexibility index (Phi) is 5.29. The molecule has 0 aromatic heterocycles. The van der Waals surface area contributed by atoms with Gasteiger partial charge in [0.15, 0.2) is 5.78 Å². The van der Waals surface area contributed by atoms with E-state index < -0.39 is 63.7 Å². The smallest absolute Gasteiger partial charge is 0.310 e. The number of ketones is 1. The second kappa shape index (κ2) is 7.59. The molecule has 7 heteroatoms. The number of esters is 1. The number of hydrogen-bond donors (Lipinski definition) is 4. The number of hydrogen-bond acceptors (Lipinski definition) is 7. The summed E-state index contributed by atoms with van der Waals surface area (Å²) in [5, 5.41) is 45.6. The summed E-state index contributed by atoms with van der Waals surface area (Å²) in [4.78, 5) is 26.1. The monoisotopic (exact) mass is 482 g/mol. The van der Waals surface area contributed by atoms with Crippen LogP contribution in [0, 0.1) is 29.1 Å². The molecule has 0 unspecified atom stereocenters. The molecular weight excluding hydrogens is 448 g/mol. The third-order valence-electron chi connectivity index (χ3n) is 9.47. The standard InChI is InChI=1S/C28H34O7/c1-15-10-20-26(33,23(15)31)13-18(14-29)11-19-22-25(3,4)28(22,24(32)16(2)27(19,20)34)35-21(30)12-17-8-6-5-7-9-17/h5-11,16,19-20,22,24,29,32-34H,12-14H2,1-4H3/t16-,19+,20-,22+,24-,26-,27-,28-/m1/s1. The highest BCUT2D eigenvalue weighted by atomic mass is 16.6. The second-order valence-electron chi connectivity index (χ2n) is 11.5. The molecule has 188 valence electrons. The van der Waals surface area contributed by atoms with Crippen LogP contribution in [0.1, 0.15) is 39.7 Å². The summed E-state index contributed by atoms with van der Waals surface area (Å²) in [6.07, 6.45) is 2.08. The summed E-state index contributed by atoms with van der Waals surface area (Å²) in [6.45, 7) is 6.72. The average molecular weight is 483 g/mol. The predicted octanol–water partition coefficient (Wildman–Crippen LogP) is 1.72. The third kappa shape index (κ3) is 2.99. The highest BCUT2D eigenvalue weighted by Crippen LogP contribution is 2.76. The first kappa shape index (κ1) is 24.4. The number of aliphatic hydroxyl groups excluding tert-OH is 2. The van der Waals surface area contributed by atoms with Gasteiger partial charge in [-0.05, 0) is 23.6 Å². The van der Waals surface area contributed by atoms with Gasteiger partial charge in [-0.15, -0.1) is 0 Å². The molecule has 0 amide bonds. The van der Waals surface area contributed by atoms with Crippen molar-refractivity contribution in [3.8, 4) is 0 Å². The van der Waals surface area contributed by atoms with Gasteiger partial charge in [0, 0.05) is 35.5 Å². The summed E-state index contributed by atoms with van der Waals surface area (Å²) in [5.74, 6) is -3.87. The van der Waals surface area contributed by atoms with E-state index in [2.05, 4.69) is 0 Å². The van der Waals surface area contributed by atoms with Crippen LogP contribution in [0.15, 0.2) is 53.6 Å². The first-order valence-electron chi connectivity index (χ1n) is 12.3. The second-order valence-corrected chi connectivity index (χ2v) is 11.5. The molecule has 1 aromatic carbocycles. The Hall–Kier alpha value is -2.32. The van der Waals surface area contributed by atoms with Crippen LogP contribution >= 0.6 is 0 Å². The molecule has 2 fully saturated rings. The molecule has 4 aliphatic carbocycles. The zero-order valence-electron chi connectivity index (χ0n) is 20.6. The van der Waals surface area contributed by atoms with Gasteiger partial charge in [0.1, 0.15) is 11.2 Å². The maximum absolute atomic E-state index is 13.1. The number of aliphatic hydroxyl groups is 4. The fourth-order valence-corrected chi connectivity index (χ4v) is 7.66. The molecule has 0 radical (unpaired) electrons. The van der Waals surface area contributed by atoms with Gasteiger partial charge in [0.05, 0.1) is 24.7 Å². The van der Waals surface area contributed by atoms with Crippen LogP contribution in [0.4, 0.5) is 0 Å². The van der Waals surface area contributed by atoms with Crippen molar-refractivity contribution in [2.24, 2.45) is 29.1 Å². The van der Waals surface area contributed by atoms with Crippen LogP contribution in [0.3, 0.4) is 0 Å². The predicted molar refractivity (Wildman–Crippen MR) is 127 cm³/mol. The molecule has 2 saturated carbocycles. The number of fused-ring (bicyclic) bond motifs is 5. The van der Waals surface area contributed by atoms with E-state index in [4.69, 9.17) is 4.74 Å². The maximum atomic E-state index is 13.1.